The van der Waals surface area contributed by atoms with Crippen molar-refractivity contribution in [2.75, 3.05) is 13.7 Å². The maximum atomic E-state index is 6.31. The molecule has 0 bridgehead atoms. The third-order valence-corrected chi connectivity index (χ3v) is 3.78. The van der Waals surface area contributed by atoms with Crippen LogP contribution in [0.15, 0.2) is 24.3 Å². The number of benzene rings is 1. The van der Waals surface area contributed by atoms with Gasteiger partial charge in [-0.15, -0.1) is 0 Å². The Labute approximate surface area is 127 Å². The predicted octanol–water partition coefficient (Wildman–Crippen LogP) is 2.99. The van der Waals surface area contributed by atoms with Gasteiger partial charge in [-0.05, 0) is 30.9 Å². The average molecular weight is 289 g/mol. The van der Waals surface area contributed by atoms with Crippen LogP contribution < -0.4 is 5.73 Å². The lowest BCUT2D eigenvalue weighted by Gasteiger charge is -2.17. The number of hydrogen-bond donors (Lipinski definition) is 1. The highest BCUT2D eigenvalue weighted by Crippen LogP contribution is 2.18. The lowest BCUT2D eigenvalue weighted by molar-refractivity contribution is 0.152. The van der Waals surface area contributed by atoms with Crippen LogP contribution in [0.25, 0.3) is 11.0 Å². The summed E-state index contributed by atoms with van der Waals surface area (Å²) in [6.45, 7) is 6.13. The smallest absolute Gasteiger partial charge is 0.111 e. The number of nitrogens with zero attached hydrogens (tertiary/aromatic N) is 2. The van der Waals surface area contributed by atoms with E-state index in [0.717, 1.165) is 43.8 Å². The molecule has 0 radical (unpaired) electrons. The summed E-state index contributed by atoms with van der Waals surface area (Å²) in [7, 11) is 1.74. The average Bonchev–Trinajstić information content (AvgIpc) is 2.77. The molecule has 0 aliphatic rings. The van der Waals surface area contributed by atoms with E-state index in [1.165, 1.54) is 5.52 Å². The fraction of sp³-hybridized carbons (Fsp3) is 0.588. The highest BCUT2D eigenvalue weighted by molar-refractivity contribution is 5.75. The molecule has 116 valence electrons. The van der Waals surface area contributed by atoms with Crippen molar-refractivity contribution in [2.45, 2.75) is 45.7 Å². The Morgan fingerprint density at radius 1 is 1.33 bits per heavy atom. The van der Waals surface area contributed by atoms with Crippen LogP contribution in [0.2, 0.25) is 0 Å². The number of aryl methyl sites for hydroxylation is 1. The molecule has 0 aliphatic carbocycles. The van der Waals surface area contributed by atoms with Gasteiger partial charge in [0.15, 0.2) is 0 Å². The Hall–Kier alpha value is -1.39. The molecule has 0 saturated heterocycles. The van der Waals surface area contributed by atoms with E-state index < -0.39 is 0 Å². The first-order chi connectivity index (χ1) is 10.2. The minimum atomic E-state index is 0.127. The molecule has 1 aromatic carbocycles. The summed E-state index contributed by atoms with van der Waals surface area (Å²) in [6, 6.07) is 8.45. The lowest BCUT2D eigenvalue weighted by Crippen LogP contribution is -2.28. The normalized spacial score (nSPS) is 14.5. The van der Waals surface area contributed by atoms with Gasteiger partial charge in [0.05, 0.1) is 11.0 Å². The van der Waals surface area contributed by atoms with Gasteiger partial charge in [-0.1, -0.05) is 26.0 Å². The van der Waals surface area contributed by atoms with E-state index in [9.17, 15) is 0 Å². The summed E-state index contributed by atoms with van der Waals surface area (Å²) in [6.07, 6.45) is 2.88. The Balaban J connectivity index is 2.15. The van der Waals surface area contributed by atoms with Crippen molar-refractivity contribution in [3.63, 3.8) is 0 Å². The van der Waals surface area contributed by atoms with Crippen LogP contribution in [0, 0.1) is 5.92 Å². The van der Waals surface area contributed by atoms with E-state index in [2.05, 4.69) is 36.6 Å². The molecule has 2 atom stereocenters. The lowest BCUT2D eigenvalue weighted by atomic mass is 10.0. The molecule has 2 aromatic rings. The molecule has 1 aromatic heterocycles. The van der Waals surface area contributed by atoms with Gasteiger partial charge in [-0.3, -0.25) is 0 Å². The van der Waals surface area contributed by atoms with Crippen LogP contribution in [-0.4, -0.2) is 29.3 Å². The Bertz CT molecular complexity index is 564. The zero-order chi connectivity index (χ0) is 15.2. The minimum absolute atomic E-state index is 0.127. The second-order valence-electron chi connectivity index (χ2n) is 5.93. The molecule has 0 spiro atoms. The zero-order valence-corrected chi connectivity index (χ0v) is 13.4. The topological polar surface area (TPSA) is 53.1 Å². The summed E-state index contributed by atoms with van der Waals surface area (Å²) in [5, 5.41) is 0. The molecular weight excluding hydrogens is 262 g/mol. The van der Waals surface area contributed by atoms with Crippen LogP contribution in [0.4, 0.5) is 0 Å². The van der Waals surface area contributed by atoms with Crippen LogP contribution >= 0.6 is 0 Å². The van der Waals surface area contributed by atoms with Crippen LogP contribution in [0.3, 0.4) is 0 Å². The van der Waals surface area contributed by atoms with Crippen molar-refractivity contribution < 1.29 is 4.74 Å². The van der Waals surface area contributed by atoms with E-state index in [-0.39, 0.29) is 6.04 Å². The Morgan fingerprint density at radius 3 is 2.81 bits per heavy atom. The fourth-order valence-electron chi connectivity index (χ4n) is 2.94. The van der Waals surface area contributed by atoms with Gasteiger partial charge >= 0.3 is 0 Å². The Morgan fingerprint density at radius 2 is 2.10 bits per heavy atom. The summed E-state index contributed by atoms with van der Waals surface area (Å²) < 4.78 is 7.50. The largest absolute Gasteiger partial charge is 0.384 e. The summed E-state index contributed by atoms with van der Waals surface area (Å²) in [5.74, 6) is 1.59. The van der Waals surface area contributed by atoms with E-state index in [1.807, 2.05) is 6.07 Å². The van der Waals surface area contributed by atoms with E-state index in [0.29, 0.717) is 5.92 Å². The number of imidazole rings is 1. The fourth-order valence-corrected chi connectivity index (χ4v) is 2.94. The summed E-state index contributed by atoms with van der Waals surface area (Å²) in [4.78, 5) is 4.78. The first-order valence-electron chi connectivity index (χ1n) is 7.84. The van der Waals surface area contributed by atoms with E-state index in [1.54, 1.807) is 7.11 Å². The highest BCUT2D eigenvalue weighted by atomic mass is 16.5. The second-order valence-corrected chi connectivity index (χ2v) is 5.93. The van der Waals surface area contributed by atoms with Crippen molar-refractivity contribution in [1.82, 2.24) is 9.55 Å². The third-order valence-electron chi connectivity index (χ3n) is 3.78. The first-order valence-corrected chi connectivity index (χ1v) is 7.84. The zero-order valence-electron chi connectivity index (χ0n) is 13.4. The van der Waals surface area contributed by atoms with Crippen molar-refractivity contribution in [2.24, 2.45) is 11.7 Å². The van der Waals surface area contributed by atoms with Crippen molar-refractivity contribution in [1.29, 1.82) is 0 Å². The standard InChI is InChI=1S/C17H27N3O/c1-4-9-20-16-8-6-5-7-15(16)19-17(20)11-14(18)10-13(2)12-21-3/h5-8,13-14H,4,9-12,18H2,1-3H3. The number of methoxy groups -OCH3 is 1. The van der Waals surface area contributed by atoms with Gasteiger partial charge in [0.2, 0.25) is 0 Å². The maximum absolute atomic E-state index is 6.31. The number of ether oxygens (including phenoxy) is 1. The van der Waals surface area contributed by atoms with Crippen molar-refractivity contribution in [3.05, 3.63) is 30.1 Å². The van der Waals surface area contributed by atoms with Gasteiger partial charge in [-0.2, -0.15) is 0 Å². The quantitative estimate of drug-likeness (QED) is 0.813. The predicted molar refractivity (Wildman–Crippen MR) is 87.4 cm³/mol. The van der Waals surface area contributed by atoms with E-state index >= 15 is 0 Å². The molecule has 1 heterocycles. The molecule has 0 fully saturated rings. The number of aromatic nitrogens is 2. The molecule has 21 heavy (non-hydrogen) atoms. The maximum Gasteiger partial charge on any atom is 0.111 e. The van der Waals surface area contributed by atoms with Gasteiger partial charge in [-0.25, -0.2) is 4.98 Å². The summed E-state index contributed by atoms with van der Waals surface area (Å²) >= 11 is 0. The van der Waals surface area contributed by atoms with Crippen LogP contribution in [0.5, 0.6) is 0 Å². The second kappa shape index (κ2) is 7.57. The highest BCUT2D eigenvalue weighted by Gasteiger charge is 2.15. The number of fused-ring (bicyclic) bond motifs is 1. The molecule has 0 aliphatic heterocycles. The minimum Gasteiger partial charge on any atom is -0.384 e. The van der Waals surface area contributed by atoms with Crippen LogP contribution in [-0.2, 0) is 17.7 Å². The molecular formula is C17H27N3O. The number of rotatable bonds is 8. The van der Waals surface area contributed by atoms with Crippen LogP contribution in [0.1, 0.15) is 32.5 Å². The third kappa shape index (κ3) is 4.05. The first kappa shape index (κ1) is 16.0. The molecule has 2 rings (SSSR count). The molecule has 4 nitrogen and oxygen atoms in total. The summed E-state index contributed by atoms with van der Waals surface area (Å²) in [5.41, 5.74) is 8.60. The Kier molecular flexibility index (Phi) is 5.76. The molecule has 2 unspecified atom stereocenters. The van der Waals surface area contributed by atoms with Crippen molar-refractivity contribution >= 4 is 11.0 Å². The molecule has 0 amide bonds. The van der Waals surface area contributed by atoms with Gasteiger partial charge in [0.25, 0.3) is 0 Å². The van der Waals surface area contributed by atoms with Gasteiger partial charge < -0.3 is 15.0 Å². The molecule has 2 N–H and O–H groups in total. The van der Waals surface area contributed by atoms with Gasteiger partial charge in [0.1, 0.15) is 5.82 Å². The SMILES string of the molecule is CCCn1c(CC(N)CC(C)COC)nc2ccccc21. The van der Waals surface area contributed by atoms with Gasteiger partial charge in [0, 0.05) is 32.7 Å². The molecule has 4 heteroatoms. The number of nitrogens with two attached hydrogens (primary N) is 1. The van der Waals surface area contributed by atoms with Crippen molar-refractivity contribution in [3.8, 4) is 0 Å². The monoisotopic (exact) mass is 289 g/mol. The number of para-hydroxylation sites is 2. The van der Waals surface area contributed by atoms with E-state index in [4.69, 9.17) is 15.5 Å². The number of hydrogen-bond acceptors (Lipinski definition) is 3. The molecule has 0 saturated carbocycles.